The molecule has 0 aliphatic carbocycles. The summed E-state index contributed by atoms with van der Waals surface area (Å²) in [6.45, 7) is 6.06. The van der Waals surface area contributed by atoms with Crippen LogP contribution in [-0.4, -0.2) is 41.1 Å². The van der Waals surface area contributed by atoms with Gasteiger partial charge in [0, 0.05) is 18.8 Å². The molecule has 6 heteroatoms. The molecule has 0 aliphatic heterocycles. The van der Waals surface area contributed by atoms with Gasteiger partial charge in [0.05, 0.1) is 5.56 Å². The van der Waals surface area contributed by atoms with Gasteiger partial charge in [0.15, 0.2) is 5.84 Å². The molecule has 1 aromatic heterocycles. The summed E-state index contributed by atoms with van der Waals surface area (Å²) in [6.07, 6.45) is 3.16. The minimum absolute atomic E-state index is 0.105. The van der Waals surface area contributed by atoms with Gasteiger partial charge in [0.2, 0.25) is 0 Å². The first kappa shape index (κ1) is 16.6. The minimum Gasteiger partial charge on any atom is -0.409 e. The minimum atomic E-state index is 0.105. The van der Waals surface area contributed by atoms with Gasteiger partial charge in [-0.05, 0) is 50.8 Å². The van der Waals surface area contributed by atoms with Gasteiger partial charge in [-0.1, -0.05) is 5.16 Å². The molecule has 0 aromatic carbocycles. The molecule has 0 aliphatic rings. The van der Waals surface area contributed by atoms with Crippen LogP contribution in [0.2, 0.25) is 0 Å². The Balaban J connectivity index is 3.21. The Kier molecular flexibility index (Phi) is 6.13. The average Bonchev–Trinajstić information content (AvgIpc) is 2.42. The SMILES string of the molecule is CSCCC(C)N(C)c1nc(C)cc(C)c1/C(N)=N/O. The molecule has 1 rings (SSSR count). The van der Waals surface area contributed by atoms with Crippen molar-refractivity contribution in [3.05, 3.63) is 22.9 Å². The first-order valence-corrected chi connectivity index (χ1v) is 7.99. The number of hydrogen-bond donors (Lipinski definition) is 2. The van der Waals surface area contributed by atoms with Gasteiger partial charge >= 0.3 is 0 Å². The Labute approximate surface area is 125 Å². The van der Waals surface area contributed by atoms with E-state index in [1.54, 1.807) is 0 Å². The number of nitrogens with zero attached hydrogens (tertiary/aromatic N) is 3. The van der Waals surface area contributed by atoms with Crippen molar-refractivity contribution in [1.82, 2.24) is 4.98 Å². The lowest BCUT2D eigenvalue weighted by atomic mass is 10.1. The van der Waals surface area contributed by atoms with Crippen LogP contribution in [0.4, 0.5) is 5.82 Å². The summed E-state index contributed by atoms with van der Waals surface area (Å²) in [5, 5.41) is 12.1. The normalized spacial score (nSPS) is 13.3. The summed E-state index contributed by atoms with van der Waals surface area (Å²) < 4.78 is 0. The molecule has 1 heterocycles. The molecule has 1 aromatic rings. The Morgan fingerprint density at radius 1 is 1.55 bits per heavy atom. The van der Waals surface area contributed by atoms with Crippen molar-refractivity contribution < 1.29 is 5.21 Å². The fraction of sp³-hybridized carbons (Fsp3) is 0.571. The number of oxime groups is 1. The second kappa shape index (κ2) is 7.38. The summed E-state index contributed by atoms with van der Waals surface area (Å²) >= 11 is 1.83. The number of rotatable bonds is 6. The van der Waals surface area contributed by atoms with E-state index >= 15 is 0 Å². The van der Waals surface area contributed by atoms with Gasteiger partial charge in [-0.2, -0.15) is 11.8 Å². The molecule has 20 heavy (non-hydrogen) atoms. The van der Waals surface area contributed by atoms with Crippen molar-refractivity contribution in [2.24, 2.45) is 10.9 Å². The maximum absolute atomic E-state index is 8.98. The van der Waals surface area contributed by atoms with Gasteiger partial charge in [0.25, 0.3) is 0 Å². The van der Waals surface area contributed by atoms with Crippen LogP contribution in [0.25, 0.3) is 0 Å². The maximum atomic E-state index is 8.98. The van der Waals surface area contributed by atoms with Crippen molar-refractivity contribution in [3.63, 3.8) is 0 Å². The fourth-order valence-corrected chi connectivity index (χ4v) is 2.71. The largest absolute Gasteiger partial charge is 0.409 e. The fourth-order valence-electron chi connectivity index (χ4n) is 2.13. The second-order valence-electron chi connectivity index (χ2n) is 5.01. The highest BCUT2D eigenvalue weighted by Gasteiger charge is 2.19. The third-order valence-corrected chi connectivity index (χ3v) is 4.07. The van der Waals surface area contributed by atoms with Crippen LogP contribution in [0, 0.1) is 13.8 Å². The van der Waals surface area contributed by atoms with Crippen LogP contribution >= 0.6 is 11.8 Å². The lowest BCUT2D eigenvalue weighted by Crippen LogP contribution is -2.33. The van der Waals surface area contributed by atoms with Gasteiger partial charge in [-0.15, -0.1) is 0 Å². The van der Waals surface area contributed by atoms with Crippen LogP contribution in [0.15, 0.2) is 11.2 Å². The van der Waals surface area contributed by atoms with E-state index < -0.39 is 0 Å². The van der Waals surface area contributed by atoms with E-state index in [0.29, 0.717) is 11.6 Å². The van der Waals surface area contributed by atoms with Crippen molar-refractivity contribution in [3.8, 4) is 0 Å². The maximum Gasteiger partial charge on any atom is 0.174 e. The lowest BCUT2D eigenvalue weighted by Gasteiger charge is -2.28. The van der Waals surface area contributed by atoms with Crippen molar-refractivity contribution in [2.45, 2.75) is 33.2 Å². The highest BCUT2D eigenvalue weighted by Crippen LogP contribution is 2.24. The van der Waals surface area contributed by atoms with Crippen LogP contribution in [0.5, 0.6) is 0 Å². The highest BCUT2D eigenvalue weighted by molar-refractivity contribution is 7.98. The Hall–Kier alpha value is -1.43. The van der Waals surface area contributed by atoms with Crippen molar-refractivity contribution in [1.29, 1.82) is 0 Å². The van der Waals surface area contributed by atoms with Crippen LogP contribution < -0.4 is 10.6 Å². The first-order valence-electron chi connectivity index (χ1n) is 6.60. The second-order valence-corrected chi connectivity index (χ2v) is 5.99. The molecule has 0 saturated heterocycles. The van der Waals surface area contributed by atoms with Crippen LogP contribution in [0.3, 0.4) is 0 Å². The number of amidine groups is 1. The lowest BCUT2D eigenvalue weighted by molar-refractivity contribution is 0.318. The number of nitrogens with two attached hydrogens (primary N) is 1. The zero-order chi connectivity index (χ0) is 15.3. The van der Waals surface area contributed by atoms with Crippen molar-refractivity contribution in [2.75, 3.05) is 24.0 Å². The number of pyridine rings is 1. The molecule has 3 N–H and O–H groups in total. The summed E-state index contributed by atoms with van der Waals surface area (Å²) in [4.78, 5) is 6.68. The quantitative estimate of drug-likeness (QED) is 0.365. The van der Waals surface area contributed by atoms with E-state index in [0.717, 1.165) is 29.2 Å². The number of hydrogen-bond acceptors (Lipinski definition) is 5. The van der Waals surface area contributed by atoms with Crippen molar-refractivity contribution >= 4 is 23.4 Å². The molecule has 0 saturated carbocycles. The zero-order valence-electron chi connectivity index (χ0n) is 12.8. The van der Waals surface area contributed by atoms with E-state index in [-0.39, 0.29) is 5.84 Å². The molecule has 0 radical (unpaired) electrons. The summed E-state index contributed by atoms with van der Waals surface area (Å²) in [5.41, 5.74) is 8.41. The first-order chi connectivity index (χ1) is 9.42. The van der Waals surface area contributed by atoms with E-state index in [2.05, 4.69) is 28.2 Å². The summed E-state index contributed by atoms with van der Waals surface area (Å²) in [5.74, 6) is 1.97. The predicted molar refractivity (Wildman–Crippen MR) is 87.1 cm³/mol. The average molecular weight is 296 g/mol. The molecule has 1 atom stereocenters. The molecular formula is C14H24N4OS. The van der Waals surface area contributed by atoms with E-state index in [1.807, 2.05) is 38.7 Å². The Morgan fingerprint density at radius 2 is 2.20 bits per heavy atom. The topological polar surface area (TPSA) is 74.7 Å². The van der Waals surface area contributed by atoms with Gasteiger partial charge < -0.3 is 15.8 Å². The van der Waals surface area contributed by atoms with Gasteiger partial charge in [-0.3, -0.25) is 0 Å². The monoisotopic (exact) mass is 296 g/mol. The van der Waals surface area contributed by atoms with Crippen LogP contribution in [-0.2, 0) is 0 Å². The number of thioether (sulfide) groups is 1. The molecular weight excluding hydrogens is 272 g/mol. The summed E-state index contributed by atoms with van der Waals surface area (Å²) in [6, 6.07) is 2.28. The third kappa shape index (κ3) is 3.79. The molecule has 1 unspecified atom stereocenters. The van der Waals surface area contributed by atoms with Crippen LogP contribution in [0.1, 0.15) is 30.2 Å². The van der Waals surface area contributed by atoms with E-state index in [4.69, 9.17) is 10.9 Å². The molecule has 0 bridgehead atoms. The molecule has 5 nitrogen and oxygen atoms in total. The van der Waals surface area contributed by atoms with E-state index in [1.165, 1.54) is 0 Å². The Morgan fingerprint density at radius 3 is 2.75 bits per heavy atom. The predicted octanol–water partition coefficient (Wildman–Crippen LogP) is 2.37. The highest BCUT2D eigenvalue weighted by atomic mass is 32.2. The molecule has 0 fully saturated rings. The Bertz CT molecular complexity index is 490. The molecule has 0 amide bonds. The molecule has 112 valence electrons. The zero-order valence-corrected chi connectivity index (χ0v) is 13.7. The van der Waals surface area contributed by atoms with Gasteiger partial charge in [-0.25, -0.2) is 4.98 Å². The number of aromatic nitrogens is 1. The number of aryl methyl sites for hydroxylation is 2. The summed E-state index contributed by atoms with van der Waals surface area (Å²) in [7, 11) is 2.00. The third-order valence-electron chi connectivity index (χ3n) is 3.42. The van der Waals surface area contributed by atoms with Gasteiger partial charge in [0.1, 0.15) is 5.82 Å². The standard InChI is InChI=1S/C14H24N4OS/c1-9-8-10(2)16-14(12(9)13(15)17-19)18(4)11(3)6-7-20-5/h8,11,19H,6-7H2,1-5H3,(H2,15,17). The molecule has 0 spiro atoms. The van der Waals surface area contributed by atoms with E-state index in [9.17, 15) is 0 Å². The number of anilines is 1. The smallest absolute Gasteiger partial charge is 0.174 e.